The molecule has 4 aromatic rings. The molecule has 0 atom stereocenters. The fraction of sp³-hybridized carbons (Fsp3) is 0. The molecule has 0 radical (unpaired) electrons. The van der Waals surface area contributed by atoms with Crippen molar-refractivity contribution in [3.63, 3.8) is 0 Å². The number of nitrogens with zero attached hydrogens (tertiary/aromatic N) is 1. The molecule has 3 aromatic carbocycles. The second-order valence-electron chi connectivity index (χ2n) is 4.63. The van der Waals surface area contributed by atoms with Gasteiger partial charge in [-0.05, 0) is 23.6 Å². The van der Waals surface area contributed by atoms with Crippen LogP contribution in [0, 0.1) is 0 Å². The molecule has 0 bridgehead atoms. The van der Waals surface area contributed by atoms with E-state index < -0.39 is 0 Å². The van der Waals surface area contributed by atoms with E-state index in [1.165, 1.54) is 4.70 Å². The summed E-state index contributed by atoms with van der Waals surface area (Å²) < 4.78 is 1.21. The lowest BCUT2D eigenvalue weighted by molar-refractivity contribution is 1.49. The summed E-state index contributed by atoms with van der Waals surface area (Å²) in [6.45, 7) is 0. The molecule has 0 saturated heterocycles. The van der Waals surface area contributed by atoms with E-state index in [-0.39, 0.29) is 0 Å². The van der Waals surface area contributed by atoms with Crippen LogP contribution in [0.2, 0.25) is 5.02 Å². The van der Waals surface area contributed by atoms with E-state index >= 15 is 0 Å². The Morgan fingerprint density at radius 1 is 0.800 bits per heavy atom. The van der Waals surface area contributed by atoms with Gasteiger partial charge in [0.15, 0.2) is 0 Å². The van der Waals surface area contributed by atoms with Crippen LogP contribution < -0.4 is 0 Å². The maximum Gasteiger partial charge on any atom is 0.125 e. The van der Waals surface area contributed by atoms with E-state index in [4.69, 9.17) is 16.6 Å². The van der Waals surface area contributed by atoms with Crippen molar-refractivity contribution in [2.75, 3.05) is 0 Å². The molecule has 0 aliphatic rings. The summed E-state index contributed by atoms with van der Waals surface area (Å²) in [5.41, 5.74) is 2.19. The molecule has 0 N–H and O–H groups in total. The number of fused-ring (bicyclic) bond motifs is 2. The zero-order chi connectivity index (χ0) is 13.5. The van der Waals surface area contributed by atoms with Crippen LogP contribution in [0.15, 0.2) is 60.7 Å². The smallest absolute Gasteiger partial charge is 0.125 e. The SMILES string of the molecule is Clc1cccc2c(-c3nc4ccccc4s3)cccc12. The monoisotopic (exact) mass is 295 g/mol. The Kier molecular flexibility index (Phi) is 2.72. The van der Waals surface area contributed by atoms with Gasteiger partial charge < -0.3 is 0 Å². The Morgan fingerprint density at radius 2 is 1.60 bits per heavy atom. The molecule has 20 heavy (non-hydrogen) atoms. The van der Waals surface area contributed by atoms with Gasteiger partial charge in [0, 0.05) is 16.0 Å². The van der Waals surface area contributed by atoms with E-state index in [1.54, 1.807) is 11.3 Å². The van der Waals surface area contributed by atoms with Gasteiger partial charge in [0.05, 0.1) is 10.2 Å². The predicted molar refractivity (Wildman–Crippen MR) is 87.6 cm³/mol. The van der Waals surface area contributed by atoms with Gasteiger partial charge in [0.1, 0.15) is 5.01 Å². The Hall–Kier alpha value is -1.90. The summed E-state index contributed by atoms with van der Waals surface area (Å²) in [7, 11) is 0. The van der Waals surface area contributed by atoms with Crippen LogP contribution >= 0.6 is 22.9 Å². The second-order valence-corrected chi connectivity index (χ2v) is 6.07. The molecule has 1 heterocycles. The minimum atomic E-state index is 0.783. The quantitative estimate of drug-likeness (QED) is 0.434. The summed E-state index contributed by atoms with van der Waals surface area (Å²) in [4.78, 5) is 4.74. The standard InChI is InChI=1S/C17H10ClNS/c18-14-8-4-5-11-12(14)6-3-7-13(11)17-19-15-9-1-2-10-16(15)20-17/h1-10H. The van der Waals surface area contributed by atoms with Crippen molar-refractivity contribution < 1.29 is 0 Å². The van der Waals surface area contributed by atoms with Crippen LogP contribution in [0.4, 0.5) is 0 Å². The molecule has 0 aliphatic heterocycles. The van der Waals surface area contributed by atoms with Crippen LogP contribution in [0.3, 0.4) is 0 Å². The van der Waals surface area contributed by atoms with Gasteiger partial charge >= 0.3 is 0 Å². The summed E-state index contributed by atoms with van der Waals surface area (Å²) in [5.74, 6) is 0. The lowest BCUT2D eigenvalue weighted by Gasteiger charge is -2.04. The Labute approximate surface area is 125 Å². The fourth-order valence-corrected chi connectivity index (χ4v) is 3.69. The van der Waals surface area contributed by atoms with Crippen molar-refractivity contribution >= 4 is 43.9 Å². The summed E-state index contributed by atoms with van der Waals surface area (Å²) in [6.07, 6.45) is 0. The van der Waals surface area contributed by atoms with E-state index in [1.807, 2.05) is 36.4 Å². The molecule has 0 aliphatic carbocycles. The van der Waals surface area contributed by atoms with Crippen LogP contribution in [-0.4, -0.2) is 4.98 Å². The van der Waals surface area contributed by atoms with E-state index in [2.05, 4.69) is 24.3 Å². The molecule has 3 heteroatoms. The van der Waals surface area contributed by atoms with Gasteiger partial charge in [-0.25, -0.2) is 4.98 Å². The van der Waals surface area contributed by atoms with Gasteiger partial charge in [0.25, 0.3) is 0 Å². The van der Waals surface area contributed by atoms with Crippen molar-refractivity contribution in [2.24, 2.45) is 0 Å². The van der Waals surface area contributed by atoms with Crippen LogP contribution in [0.25, 0.3) is 31.6 Å². The third kappa shape index (κ3) is 1.80. The van der Waals surface area contributed by atoms with E-state index in [9.17, 15) is 0 Å². The lowest BCUT2D eigenvalue weighted by atomic mass is 10.1. The molecule has 4 rings (SSSR count). The first-order chi connectivity index (χ1) is 9.83. The van der Waals surface area contributed by atoms with Crippen molar-refractivity contribution in [2.45, 2.75) is 0 Å². The van der Waals surface area contributed by atoms with Gasteiger partial charge in [-0.3, -0.25) is 0 Å². The molecule has 1 aromatic heterocycles. The molecule has 0 amide bonds. The predicted octanol–water partition coefficient (Wildman–Crippen LogP) is 5.77. The van der Waals surface area contributed by atoms with Gasteiger partial charge in [-0.1, -0.05) is 54.1 Å². The number of thiazole rings is 1. The molecular formula is C17H10ClNS. The summed E-state index contributed by atoms with van der Waals surface area (Å²) >= 11 is 8.00. The Bertz CT molecular complexity index is 893. The van der Waals surface area contributed by atoms with Crippen LogP contribution in [0.5, 0.6) is 0 Å². The maximum absolute atomic E-state index is 6.28. The molecule has 96 valence electrons. The number of benzene rings is 3. The highest BCUT2D eigenvalue weighted by atomic mass is 35.5. The van der Waals surface area contributed by atoms with Crippen molar-refractivity contribution in [3.8, 4) is 10.6 Å². The van der Waals surface area contributed by atoms with Crippen LogP contribution in [0.1, 0.15) is 0 Å². The lowest BCUT2D eigenvalue weighted by Crippen LogP contribution is -1.80. The normalized spacial score (nSPS) is 11.2. The molecular weight excluding hydrogens is 286 g/mol. The minimum Gasteiger partial charge on any atom is -0.236 e. The third-order valence-corrected chi connectivity index (χ3v) is 4.79. The highest BCUT2D eigenvalue weighted by molar-refractivity contribution is 7.21. The topological polar surface area (TPSA) is 12.9 Å². The average molecular weight is 296 g/mol. The zero-order valence-corrected chi connectivity index (χ0v) is 12.1. The molecule has 0 saturated carbocycles. The van der Waals surface area contributed by atoms with Crippen molar-refractivity contribution in [1.82, 2.24) is 4.98 Å². The average Bonchev–Trinajstić information content (AvgIpc) is 2.91. The number of halogens is 1. The van der Waals surface area contributed by atoms with Gasteiger partial charge in [0.2, 0.25) is 0 Å². The number of hydrogen-bond acceptors (Lipinski definition) is 2. The van der Waals surface area contributed by atoms with Crippen LogP contribution in [-0.2, 0) is 0 Å². The number of para-hydroxylation sites is 1. The highest BCUT2D eigenvalue weighted by Gasteiger charge is 2.10. The number of hydrogen-bond donors (Lipinski definition) is 0. The first-order valence-corrected chi connectivity index (χ1v) is 7.55. The zero-order valence-electron chi connectivity index (χ0n) is 10.5. The first kappa shape index (κ1) is 11.9. The minimum absolute atomic E-state index is 0.783. The molecule has 1 nitrogen and oxygen atoms in total. The maximum atomic E-state index is 6.28. The van der Waals surface area contributed by atoms with Gasteiger partial charge in [-0.15, -0.1) is 11.3 Å². The molecule has 0 unspecified atom stereocenters. The highest BCUT2D eigenvalue weighted by Crippen LogP contribution is 2.36. The summed E-state index contributed by atoms with van der Waals surface area (Å²) in [6, 6.07) is 20.4. The Balaban J connectivity index is 2.04. The third-order valence-electron chi connectivity index (χ3n) is 3.39. The first-order valence-electron chi connectivity index (χ1n) is 6.36. The van der Waals surface area contributed by atoms with E-state index in [0.717, 1.165) is 31.9 Å². The largest absolute Gasteiger partial charge is 0.236 e. The van der Waals surface area contributed by atoms with Crippen molar-refractivity contribution in [1.29, 1.82) is 0 Å². The fourth-order valence-electron chi connectivity index (χ4n) is 2.45. The molecule has 0 spiro atoms. The molecule has 0 fully saturated rings. The Morgan fingerprint density at radius 3 is 2.50 bits per heavy atom. The second kappa shape index (κ2) is 4.58. The van der Waals surface area contributed by atoms with Gasteiger partial charge in [-0.2, -0.15) is 0 Å². The van der Waals surface area contributed by atoms with Crippen molar-refractivity contribution in [3.05, 3.63) is 65.7 Å². The number of aromatic nitrogens is 1. The number of rotatable bonds is 1. The summed E-state index contributed by atoms with van der Waals surface area (Å²) in [5, 5.41) is 4.05. The van der Waals surface area contributed by atoms with E-state index in [0.29, 0.717) is 0 Å².